The number of aromatic amines is 1. The summed E-state index contributed by atoms with van der Waals surface area (Å²) in [6, 6.07) is 19.6. The molecular weight excluding hydrogens is 487 g/mol. The molecule has 1 aromatic heterocycles. The summed E-state index contributed by atoms with van der Waals surface area (Å²) in [5, 5.41) is 14.2. The van der Waals surface area contributed by atoms with Crippen LogP contribution in [0.4, 0.5) is 14.9 Å². The van der Waals surface area contributed by atoms with Gasteiger partial charge in [-0.1, -0.05) is 24.3 Å². The summed E-state index contributed by atoms with van der Waals surface area (Å²) in [6.07, 6.45) is 0. The number of carbonyl (C=O) groups is 2. The van der Waals surface area contributed by atoms with Crippen LogP contribution in [0.2, 0.25) is 0 Å². The fourth-order valence-electron chi connectivity index (χ4n) is 5.82. The number of nitrogens with one attached hydrogen (secondary N) is 2. The molecule has 2 aliphatic heterocycles. The Morgan fingerprint density at radius 3 is 2.58 bits per heavy atom. The number of ether oxygens (including phenoxy) is 1. The molecule has 0 bridgehead atoms. The van der Waals surface area contributed by atoms with E-state index in [0.717, 1.165) is 22.2 Å². The Hall–Kier alpha value is -4.37. The van der Waals surface area contributed by atoms with Gasteiger partial charge in [0.25, 0.3) is 5.91 Å². The fraction of sp³-hybridized carbons (Fsp3) is 0.241. The first-order chi connectivity index (χ1) is 18.4. The lowest BCUT2D eigenvalue weighted by Gasteiger charge is -2.55. The van der Waals surface area contributed by atoms with Crippen LogP contribution in [0.3, 0.4) is 0 Å². The van der Waals surface area contributed by atoms with Crippen LogP contribution in [-0.2, 0) is 5.41 Å². The van der Waals surface area contributed by atoms with E-state index in [9.17, 15) is 19.1 Å². The van der Waals surface area contributed by atoms with Gasteiger partial charge in [-0.3, -0.25) is 4.79 Å². The Balaban J connectivity index is 1.38. The SMILES string of the molecule is COc1ccc2c3c([nH]c2c1)[C@@H](CO)N(C(=O)c1ccccc1)CC31CN(C(=O)Nc2cccc(F)c2)C1. The van der Waals surface area contributed by atoms with Crippen molar-refractivity contribution in [2.24, 2.45) is 0 Å². The number of aromatic nitrogens is 1. The molecule has 3 amide bonds. The third-order valence-corrected chi connectivity index (χ3v) is 7.55. The van der Waals surface area contributed by atoms with E-state index >= 15 is 0 Å². The highest BCUT2D eigenvalue weighted by Crippen LogP contribution is 2.49. The Bertz CT molecular complexity index is 1530. The van der Waals surface area contributed by atoms with E-state index in [4.69, 9.17) is 4.74 Å². The summed E-state index contributed by atoms with van der Waals surface area (Å²) in [4.78, 5) is 33.5. The first-order valence-electron chi connectivity index (χ1n) is 12.4. The summed E-state index contributed by atoms with van der Waals surface area (Å²) in [7, 11) is 1.60. The van der Waals surface area contributed by atoms with Gasteiger partial charge in [0.1, 0.15) is 11.6 Å². The number of H-pyrrole nitrogens is 1. The minimum atomic E-state index is -0.572. The standard InChI is InChI=1S/C29H27FN4O4/c1-38-21-10-11-22-23(13-21)32-26-24(14-35)34(27(36)18-6-3-2-4-7-18)17-29(25(22)26)15-33(16-29)28(37)31-20-9-5-8-19(30)12-20/h2-13,24,32,35H,14-17H2,1H3,(H,31,37)/t24-/m1/s1. The molecular formula is C29H27FN4O4. The van der Waals surface area contributed by atoms with Crippen LogP contribution in [0.25, 0.3) is 10.9 Å². The summed E-state index contributed by atoms with van der Waals surface area (Å²) in [5.74, 6) is 0.0697. The molecule has 38 heavy (non-hydrogen) atoms. The maximum Gasteiger partial charge on any atom is 0.321 e. The van der Waals surface area contributed by atoms with E-state index in [1.807, 2.05) is 36.4 Å². The molecule has 0 saturated carbocycles. The van der Waals surface area contributed by atoms with Crippen molar-refractivity contribution in [3.63, 3.8) is 0 Å². The molecule has 1 spiro atoms. The van der Waals surface area contributed by atoms with Crippen LogP contribution in [-0.4, -0.2) is 65.2 Å². The van der Waals surface area contributed by atoms with Gasteiger partial charge < -0.3 is 29.9 Å². The maximum absolute atomic E-state index is 13.7. The molecule has 6 rings (SSSR count). The molecule has 194 valence electrons. The Morgan fingerprint density at radius 1 is 1.08 bits per heavy atom. The van der Waals surface area contributed by atoms with Crippen molar-refractivity contribution in [2.45, 2.75) is 11.5 Å². The van der Waals surface area contributed by atoms with Gasteiger partial charge in [0.15, 0.2) is 0 Å². The normalized spacial score (nSPS) is 17.7. The number of likely N-dealkylation sites (tertiary alicyclic amines) is 1. The largest absolute Gasteiger partial charge is 0.497 e. The predicted molar refractivity (Wildman–Crippen MR) is 141 cm³/mol. The number of amides is 3. The number of nitrogens with zero attached hydrogens (tertiary/aromatic N) is 2. The molecule has 0 unspecified atom stereocenters. The number of fused-ring (bicyclic) bond motifs is 4. The van der Waals surface area contributed by atoms with Crippen molar-refractivity contribution < 1.29 is 23.8 Å². The van der Waals surface area contributed by atoms with Gasteiger partial charge in [0.05, 0.1) is 25.2 Å². The molecule has 3 N–H and O–H groups in total. The summed E-state index contributed by atoms with van der Waals surface area (Å²) in [5.41, 5.74) is 2.96. The molecule has 1 saturated heterocycles. The van der Waals surface area contributed by atoms with Crippen LogP contribution >= 0.6 is 0 Å². The third kappa shape index (κ3) is 3.86. The van der Waals surface area contributed by atoms with E-state index in [1.54, 1.807) is 35.1 Å². The number of aliphatic hydroxyl groups is 1. The number of anilines is 1. The Kier molecular flexibility index (Phi) is 5.80. The molecule has 3 heterocycles. The van der Waals surface area contributed by atoms with Gasteiger partial charge >= 0.3 is 6.03 Å². The zero-order valence-electron chi connectivity index (χ0n) is 20.8. The second-order valence-electron chi connectivity index (χ2n) is 9.90. The van der Waals surface area contributed by atoms with Gasteiger partial charge in [-0.15, -0.1) is 0 Å². The smallest absolute Gasteiger partial charge is 0.321 e. The van der Waals surface area contributed by atoms with Gasteiger partial charge in [0, 0.05) is 53.5 Å². The second-order valence-corrected chi connectivity index (χ2v) is 9.90. The first kappa shape index (κ1) is 24.0. The van der Waals surface area contributed by atoms with E-state index in [1.165, 1.54) is 18.2 Å². The van der Waals surface area contributed by atoms with Gasteiger partial charge in [-0.25, -0.2) is 9.18 Å². The van der Waals surface area contributed by atoms with E-state index in [0.29, 0.717) is 36.6 Å². The van der Waals surface area contributed by atoms with Gasteiger partial charge in [-0.05, 0) is 48.0 Å². The van der Waals surface area contributed by atoms with Gasteiger partial charge in [-0.2, -0.15) is 0 Å². The highest BCUT2D eigenvalue weighted by Gasteiger charge is 2.55. The molecule has 0 radical (unpaired) electrons. The second kappa shape index (κ2) is 9.18. The summed E-state index contributed by atoms with van der Waals surface area (Å²) >= 11 is 0. The minimum absolute atomic E-state index is 0.187. The monoisotopic (exact) mass is 514 g/mol. The topological polar surface area (TPSA) is 97.9 Å². The summed E-state index contributed by atoms with van der Waals surface area (Å²) < 4.78 is 19.0. The van der Waals surface area contributed by atoms with Crippen molar-refractivity contribution in [2.75, 3.05) is 38.7 Å². The number of hydrogen-bond acceptors (Lipinski definition) is 4. The van der Waals surface area contributed by atoms with Crippen molar-refractivity contribution in [1.82, 2.24) is 14.8 Å². The zero-order chi connectivity index (χ0) is 26.4. The number of benzene rings is 3. The van der Waals surface area contributed by atoms with Crippen LogP contribution in [0.1, 0.15) is 27.7 Å². The molecule has 4 aromatic rings. The first-order valence-corrected chi connectivity index (χ1v) is 12.4. The molecule has 9 heteroatoms. The molecule has 1 atom stereocenters. The maximum atomic E-state index is 13.7. The van der Waals surface area contributed by atoms with Crippen molar-refractivity contribution >= 4 is 28.5 Å². The van der Waals surface area contributed by atoms with Crippen LogP contribution in [0.5, 0.6) is 5.75 Å². The highest BCUT2D eigenvalue weighted by atomic mass is 19.1. The molecule has 2 aliphatic rings. The molecule has 8 nitrogen and oxygen atoms in total. The highest BCUT2D eigenvalue weighted by molar-refractivity contribution is 5.96. The Labute approximate surface area is 218 Å². The number of urea groups is 1. The van der Waals surface area contributed by atoms with E-state index < -0.39 is 17.3 Å². The predicted octanol–water partition coefficient (Wildman–Crippen LogP) is 4.29. The lowest BCUT2D eigenvalue weighted by molar-refractivity contribution is 0.0159. The van der Waals surface area contributed by atoms with Crippen molar-refractivity contribution in [3.05, 3.63) is 95.4 Å². The van der Waals surface area contributed by atoms with Crippen LogP contribution < -0.4 is 10.1 Å². The molecule has 3 aromatic carbocycles. The number of rotatable bonds is 4. The van der Waals surface area contributed by atoms with E-state index in [-0.39, 0.29) is 18.5 Å². The van der Waals surface area contributed by atoms with E-state index in [2.05, 4.69) is 10.3 Å². The average molecular weight is 515 g/mol. The third-order valence-electron chi connectivity index (χ3n) is 7.55. The van der Waals surface area contributed by atoms with Crippen molar-refractivity contribution in [1.29, 1.82) is 0 Å². The molecule has 1 fully saturated rings. The summed E-state index contributed by atoms with van der Waals surface area (Å²) in [6.45, 7) is 0.796. The Morgan fingerprint density at radius 2 is 1.87 bits per heavy atom. The number of aliphatic hydroxyl groups excluding tert-OH is 1. The molecule has 0 aliphatic carbocycles. The van der Waals surface area contributed by atoms with Gasteiger partial charge in [0.2, 0.25) is 0 Å². The zero-order valence-corrected chi connectivity index (χ0v) is 20.8. The lowest BCUT2D eigenvalue weighted by atomic mass is 9.68. The number of halogens is 1. The van der Waals surface area contributed by atoms with Crippen LogP contribution in [0, 0.1) is 5.82 Å². The average Bonchev–Trinajstić information content (AvgIpc) is 3.30. The van der Waals surface area contributed by atoms with Crippen LogP contribution in [0.15, 0.2) is 72.8 Å². The minimum Gasteiger partial charge on any atom is -0.497 e. The fourth-order valence-corrected chi connectivity index (χ4v) is 5.82. The van der Waals surface area contributed by atoms with Crippen molar-refractivity contribution in [3.8, 4) is 5.75 Å². The number of methoxy groups -OCH3 is 1. The number of hydrogen-bond donors (Lipinski definition) is 3. The number of carbonyl (C=O) groups excluding carboxylic acids is 2. The quantitative estimate of drug-likeness (QED) is 0.379. The lowest BCUT2D eigenvalue weighted by Crippen LogP contribution is -2.68.